The molecule has 0 atom stereocenters. The molecule has 3 rings (SSSR count). The largest absolute Gasteiger partial charge is 0.417 e. The number of alkyl halides is 3. The molecule has 0 aliphatic carbocycles. The Labute approximate surface area is 163 Å². The van der Waals surface area contributed by atoms with Crippen molar-refractivity contribution >= 4 is 11.6 Å². The van der Waals surface area contributed by atoms with Crippen LogP contribution in [0.1, 0.15) is 37.7 Å². The first-order valence-electron chi connectivity index (χ1n) is 9.72. The van der Waals surface area contributed by atoms with Crippen LogP contribution < -0.4 is 5.32 Å². The molecule has 0 unspecified atom stereocenters. The summed E-state index contributed by atoms with van der Waals surface area (Å²) in [5.41, 5.74) is 0.536. The molecule has 6 heteroatoms. The van der Waals surface area contributed by atoms with Crippen LogP contribution in [0.4, 0.5) is 18.9 Å². The smallest absolute Gasteiger partial charge is 0.326 e. The lowest BCUT2D eigenvalue weighted by Gasteiger charge is -2.14. The molecule has 0 spiro atoms. The lowest BCUT2D eigenvalue weighted by atomic mass is 9.99. The third-order valence-corrected chi connectivity index (χ3v) is 5.04. The highest BCUT2D eigenvalue weighted by molar-refractivity contribution is 5.91. The van der Waals surface area contributed by atoms with Crippen LogP contribution >= 0.6 is 0 Å². The molecule has 1 fully saturated rings. The van der Waals surface area contributed by atoms with Gasteiger partial charge in [-0.15, -0.1) is 0 Å². The van der Waals surface area contributed by atoms with Crippen molar-refractivity contribution in [1.82, 2.24) is 4.90 Å². The van der Waals surface area contributed by atoms with Gasteiger partial charge in [0, 0.05) is 12.1 Å². The Bertz CT molecular complexity index is 781. The zero-order valence-corrected chi connectivity index (χ0v) is 15.8. The number of carbonyl (C=O) groups is 1. The van der Waals surface area contributed by atoms with Crippen LogP contribution in [0.2, 0.25) is 0 Å². The fraction of sp³-hybridized carbons (Fsp3) is 0.409. The van der Waals surface area contributed by atoms with E-state index in [1.807, 2.05) is 0 Å². The molecule has 1 saturated heterocycles. The SMILES string of the molecule is O=C(CCCCN1CCCC1)Nc1ccc(-c2ccccc2C(F)(F)F)cc1. The summed E-state index contributed by atoms with van der Waals surface area (Å²) in [6, 6.07) is 12.0. The molecule has 150 valence electrons. The number of halogens is 3. The summed E-state index contributed by atoms with van der Waals surface area (Å²) in [6.45, 7) is 3.37. The first-order valence-corrected chi connectivity index (χ1v) is 9.72. The summed E-state index contributed by atoms with van der Waals surface area (Å²) in [4.78, 5) is 14.5. The molecular weight excluding hydrogens is 365 g/mol. The van der Waals surface area contributed by atoms with Gasteiger partial charge in [0.1, 0.15) is 0 Å². The highest BCUT2D eigenvalue weighted by Gasteiger charge is 2.33. The first-order chi connectivity index (χ1) is 13.4. The number of benzene rings is 2. The number of likely N-dealkylation sites (tertiary alicyclic amines) is 1. The van der Waals surface area contributed by atoms with Crippen LogP contribution in [-0.4, -0.2) is 30.4 Å². The number of anilines is 1. The third-order valence-electron chi connectivity index (χ3n) is 5.04. The Hall–Kier alpha value is -2.34. The van der Waals surface area contributed by atoms with Gasteiger partial charge >= 0.3 is 6.18 Å². The summed E-state index contributed by atoms with van der Waals surface area (Å²) in [5, 5.41) is 2.82. The van der Waals surface area contributed by atoms with Crippen molar-refractivity contribution in [3.63, 3.8) is 0 Å². The van der Waals surface area contributed by atoms with Gasteiger partial charge in [0.2, 0.25) is 5.91 Å². The lowest BCUT2D eigenvalue weighted by molar-refractivity contribution is -0.137. The Morgan fingerprint density at radius 3 is 2.32 bits per heavy atom. The molecule has 3 nitrogen and oxygen atoms in total. The van der Waals surface area contributed by atoms with Gasteiger partial charge in [-0.3, -0.25) is 4.79 Å². The van der Waals surface area contributed by atoms with E-state index >= 15 is 0 Å². The molecule has 0 saturated carbocycles. The zero-order valence-electron chi connectivity index (χ0n) is 15.8. The van der Waals surface area contributed by atoms with E-state index in [1.54, 1.807) is 30.3 Å². The number of amides is 1. The summed E-state index contributed by atoms with van der Waals surface area (Å²) < 4.78 is 39.5. The van der Waals surface area contributed by atoms with E-state index in [9.17, 15) is 18.0 Å². The summed E-state index contributed by atoms with van der Waals surface area (Å²) in [7, 11) is 0. The van der Waals surface area contributed by atoms with Crippen molar-refractivity contribution in [2.24, 2.45) is 0 Å². The number of nitrogens with zero attached hydrogens (tertiary/aromatic N) is 1. The van der Waals surface area contributed by atoms with Gasteiger partial charge in [-0.2, -0.15) is 13.2 Å². The first kappa shape index (κ1) is 20.4. The number of unbranched alkanes of at least 4 members (excludes halogenated alkanes) is 1. The average molecular weight is 390 g/mol. The van der Waals surface area contributed by atoms with E-state index in [-0.39, 0.29) is 11.5 Å². The predicted molar refractivity (Wildman–Crippen MR) is 105 cm³/mol. The van der Waals surface area contributed by atoms with Gasteiger partial charge < -0.3 is 10.2 Å². The number of rotatable bonds is 7. The number of hydrogen-bond donors (Lipinski definition) is 1. The second-order valence-electron chi connectivity index (χ2n) is 7.17. The standard InChI is InChI=1S/C22H25F3N2O/c23-22(24,25)20-8-2-1-7-19(20)17-10-12-18(13-11-17)26-21(28)9-3-4-14-27-15-5-6-16-27/h1-2,7-8,10-13H,3-6,9,14-16H2,(H,26,28). The van der Waals surface area contributed by atoms with Gasteiger partial charge in [0.15, 0.2) is 0 Å². The van der Waals surface area contributed by atoms with Gasteiger partial charge in [-0.1, -0.05) is 30.3 Å². The molecule has 0 radical (unpaired) electrons. The van der Waals surface area contributed by atoms with E-state index in [0.29, 0.717) is 17.7 Å². The number of hydrogen-bond acceptors (Lipinski definition) is 2. The fourth-order valence-corrected chi connectivity index (χ4v) is 3.57. The van der Waals surface area contributed by atoms with Crippen LogP contribution in [0.3, 0.4) is 0 Å². The average Bonchev–Trinajstić information content (AvgIpc) is 3.19. The number of carbonyl (C=O) groups excluding carboxylic acids is 1. The molecule has 1 aliphatic rings. The Kier molecular flexibility index (Phi) is 6.73. The third kappa shape index (κ3) is 5.58. The maximum Gasteiger partial charge on any atom is 0.417 e. The minimum Gasteiger partial charge on any atom is -0.326 e. The normalized spacial score (nSPS) is 15.0. The monoisotopic (exact) mass is 390 g/mol. The highest BCUT2D eigenvalue weighted by atomic mass is 19.4. The van der Waals surface area contributed by atoms with Crippen molar-refractivity contribution in [1.29, 1.82) is 0 Å². The van der Waals surface area contributed by atoms with E-state index in [2.05, 4.69) is 10.2 Å². The van der Waals surface area contributed by atoms with Crippen LogP contribution in [0.25, 0.3) is 11.1 Å². The molecular formula is C22H25F3N2O. The molecule has 28 heavy (non-hydrogen) atoms. The van der Waals surface area contributed by atoms with E-state index < -0.39 is 11.7 Å². The van der Waals surface area contributed by atoms with Crippen LogP contribution in [-0.2, 0) is 11.0 Å². The van der Waals surface area contributed by atoms with E-state index in [4.69, 9.17) is 0 Å². The Morgan fingerprint density at radius 1 is 0.964 bits per heavy atom. The molecule has 0 aromatic heterocycles. The maximum atomic E-state index is 13.2. The Morgan fingerprint density at radius 2 is 1.64 bits per heavy atom. The predicted octanol–water partition coefficient (Wildman–Crippen LogP) is 5.58. The van der Waals surface area contributed by atoms with Gasteiger partial charge in [-0.05, 0) is 74.6 Å². The molecule has 0 bridgehead atoms. The number of nitrogens with one attached hydrogen (secondary N) is 1. The molecule has 1 heterocycles. The van der Waals surface area contributed by atoms with Crippen molar-refractivity contribution in [3.8, 4) is 11.1 Å². The van der Waals surface area contributed by atoms with Crippen molar-refractivity contribution in [3.05, 3.63) is 54.1 Å². The Balaban J connectivity index is 1.52. The van der Waals surface area contributed by atoms with E-state index in [1.165, 1.54) is 25.0 Å². The second kappa shape index (κ2) is 9.24. The maximum absolute atomic E-state index is 13.2. The zero-order chi connectivity index (χ0) is 20.0. The summed E-state index contributed by atoms with van der Waals surface area (Å²) in [6.07, 6.45) is 0.416. The van der Waals surface area contributed by atoms with Crippen molar-refractivity contribution < 1.29 is 18.0 Å². The van der Waals surface area contributed by atoms with Crippen LogP contribution in [0.15, 0.2) is 48.5 Å². The second-order valence-corrected chi connectivity index (χ2v) is 7.17. The molecule has 2 aromatic rings. The lowest BCUT2D eigenvalue weighted by Crippen LogP contribution is -2.20. The van der Waals surface area contributed by atoms with Crippen molar-refractivity contribution in [2.45, 2.75) is 38.3 Å². The van der Waals surface area contributed by atoms with Crippen LogP contribution in [0, 0.1) is 0 Å². The fourth-order valence-electron chi connectivity index (χ4n) is 3.57. The minimum atomic E-state index is -4.40. The van der Waals surface area contributed by atoms with Crippen molar-refractivity contribution in [2.75, 3.05) is 25.0 Å². The topological polar surface area (TPSA) is 32.3 Å². The van der Waals surface area contributed by atoms with Gasteiger partial charge in [0.25, 0.3) is 0 Å². The summed E-state index contributed by atoms with van der Waals surface area (Å²) >= 11 is 0. The molecule has 1 N–H and O–H groups in total. The highest BCUT2D eigenvalue weighted by Crippen LogP contribution is 2.37. The van der Waals surface area contributed by atoms with Gasteiger partial charge in [0.05, 0.1) is 5.56 Å². The van der Waals surface area contributed by atoms with E-state index in [0.717, 1.165) is 38.5 Å². The molecule has 1 aliphatic heterocycles. The quantitative estimate of drug-likeness (QED) is 0.626. The molecule has 1 amide bonds. The van der Waals surface area contributed by atoms with Gasteiger partial charge in [-0.25, -0.2) is 0 Å². The summed E-state index contributed by atoms with van der Waals surface area (Å²) in [5.74, 6) is -0.0649. The minimum absolute atomic E-state index is 0.0649. The molecule has 2 aromatic carbocycles. The van der Waals surface area contributed by atoms with Crippen LogP contribution in [0.5, 0.6) is 0 Å².